The molecule has 1 amide bonds. The second-order valence-corrected chi connectivity index (χ2v) is 5.47. The van der Waals surface area contributed by atoms with E-state index < -0.39 is 0 Å². The average molecular weight is 262 g/mol. The van der Waals surface area contributed by atoms with Gasteiger partial charge in [-0.2, -0.15) is 0 Å². The van der Waals surface area contributed by atoms with Crippen LogP contribution in [-0.2, 0) is 4.79 Å². The van der Waals surface area contributed by atoms with Crippen LogP contribution in [0.4, 0.5) is 0 Å². The zero-order chi connectivity index (χ0) is 13.8. The number of ether oxygens (including phenoxy) is 1. The average Bonchev–Trinajstić information content (AvgIpc) is 2.79. The second kappa shape index (κ2) is 6.06. The Morgan fingerprint density at radius 3 is 2.89 bits per heavy atom. The summed E-state index contributed by atoms with van der Waals surface area (Å²) in [6, 6.07) is 7.76. The fourth-order valence-corrected chi connectivity index (χ4v) is 2.45. The largest absolute Gasteiger partial charge is 0.491 e. The van der Waals surface area contributed by atoms with Crippen molar-refractivity contribution in [1.29, 1.82) is 0 Å². The molecular formula is C15H22N2O2. The van der Waals surface area contributed by atoms with Crippen molar-refractivity contribution in [3.8, 4) is 5.75 Å². The molecule has 0 saturated heterocycles. The van der Waals surface area contributed by atoms with Crippen LogP contribution in [0.2, 0.25) is 0 Å². The molecule has 19 heavy (non-hydrogen) atoms. The third kappa shape index (κ3) is 3.26. The lowest BCUT2D eigenvalue weighted by molar-refractivity contribution is -0.126. The maximum Gasteiger partial charge on any atom is 0.224 e. The summed E-state index contributed by atoms with van der Waals surface area (Å²) in [5.74, 6) is 1.24. The minimum absolute atomic E-state index is 0.0292. The molecule has 0 aromatic heterocycles. The Hall–Kier alpha value is -1.55. The molecule has 0 radical (unpaired) electrons. The van der Waals surface area contributed by atoms with Crippen LogP contribution in [-0.4, -0.2) is 19.1 Å². The summed E-state index contributed by atoms with van der Waals surface area (Å²) in [6.07, 6.45) is 0.817. The maximum absolute atomic E-state index is 12.2. The van der Waals surface area contributed by atoms with E-state index in [1.54, 1.807) is 0 Å². The highest BCUT2D eigenvalue weighted by Gasteiger charge is 2.27. The first-order valence-electron chi connectivity index (χ1n) is 6.84. The zero-order valence-corrected chi connectivity index (χ0v) is 11.6. The van der Waals surface area contributed by atoms with Crippen LogP contribution < -0.4 is 15.8 Å². The number of fused-ring (bicyclic) bond motifs is 1. The third-order valence-corrected chi connectivity index (χ3v) is 3.43. The van der Waals surface area contributed by atoms with Gasteiger partial charge in [0, 0.05) is 12.1 Å². The SMILES string of the molecule is CC(C)CC(CN)C(=O)NC1COc2ccccc21. The van der Waals surface area contributed by atoms with Gasteiger partial charge in [0.15, 0.2) is 0 Å². The maximum atomic E-state index is 12.2. The van der Waals surface area contributed by atoms with Crippen molar-refractivity contribution < 1.29 is 9.53 Å². The zero-order valence-electron chi connectivity index (χ0n) is 11.6. The molecule has 1 aliphatic heterocycles. The van der Waals surface area contributed by atoms with E-state index in [1.807, 2.05) is 24.3 Å². The molecule has 0 bridgehead atoms. The van der Waals surface area contributed by atoms with Gasteiger partial charge in [-0.1, -0.05) is 32.0 Å². The van der Waals surface area contributed by atoms with Crippen molar-refractivity contribution >= 4 is 5.91 Å². The van der Waals surface area contributed by atoms with Crippen molar-refractivity contribution in [1.82, 2.24) is 5.32 Å². The number of amides is 1. The molecule has 4 heteroatoms. The van der Waals surface area contributed by atoms with Gasteiger partial charge in [-0.25, -0.2) is 0 Å². The van der Waals surface area contributed by atoms with Crippen LogP contribution in [0.5, 0.6) is 5.75 Å². The molecule has 0 saturated carbocycles. The summed E-state index contributed by atoms with van der Waals surface area (Å²) in [6.45, 7) is 5.09. The Kier molecular flexibility index (Phi) is 4.43. The Bertz CT molecular complexity index is 446. The fraction of sp³-hybridized carbons (Fsp3) is 0.533. The van der Waals surface area contributed by atoms with Gasteiger partial charge in [-0.3, -0.25) is 4.79 Å². The molecule has 3 N–H and O–H groups in total. The van der Waals surface area contributed by atoms with Gasteiger partial charge < -0.3 is 15.8 Å². The van der Waals surface area contributed by atoms with Gasteiger partial charge in [-0.15, -0.1) is 0 Å². The number of para-hydroxylation sites is 1. The summed E-state index contributed by atoms with van der Waals surface area (Å²) in [5, 5.41) is 3.05. The van der Waals surface area contributed by atoms with Crippen molar-refractivity contribution in [2.24, 2.45) is 17.6 Å². The fourth-order valence-electron chi connectivity index (χ4n) is 2.45. The summed E-state index contributed by atoms with van der Waals surface area (Å²) in [5.41, 5.74) is 6.75. The van der Waals surface area contributed by atoms with Crippen molar-refractivity contribution in [3.63, 3.8) is 0 Å². The Morgan fingerprint density at radius 1 is 1.47 bits per heavy atom. The number of rotatable bonds is 5. The van der Waals surface area contributed by atoms with E-state index in [0.717, 1.165) is 17.7 Å². The van der Waals surface area contributed by atoms with E-state index >= 15 is 0 Å². The lowest BCUT2D eigenvalue weighted by atomic mass is 9.96. The molecule has 2 atom stereocenters. The molecule has 2 unspecified atom stereocenters. The van der Waals surface area contributed by atoms with Gasteiger partial charge in [0.1, 0.15) is 12.4 Å². The summed E-state index contributed by atoms with van der Waals surface area (Å²) >= 11 is 0. The van der Waals surface area contributed by atoms with Crippen LogP contribution in [0.3, 0.4) is 0 Å². The number of benzene rings is 1. The Balaban J connectivity index is 2.00. The van der Waals surface area contributed by atoms with Gasteiger partial charge >= 0.3 is 0 Å². The van der Waals surface area contributed by atoms with Crippen LogP contribution >= 0.6 is 0 Å². The minimum Gasteiger partial charge on any atom is -0.491 e. The molecule has 104 valence electrons. The highest BCUT2D eigenvalue weighted by Crippen LogP contribution is 2.31. The standard InChI is InChI=1S/C15H22N2O2/c1-10(2)7-11(8-16)15(18)17-13-9-19-14-6-4-3-5-12(13)14/h3-6,10-11,13H,7-9,16H2,1-2H3,(H,17,18). The normalized spacial score (nSPS) is 18.8. The molecular weight excluding hydrogens is 240 g/mol. The van der Waals surface area contributed by atoms with Gasteiger partial charge in [-0.05, 0) is 18.4 Å². The molecule has 0 spiro atoms. The predicted octanol–water partition coefficient (Wildman–Crippen LogP) is 1.86. The number of hydrogen-bond acceptors (Lipinski definition) is 3. The van der Waals surface area contributed by atoms with Gasteiger partial charge in [0.25, 0.3) is 0 Å². The van der Waals surface area contributed by atoms with Gasteiger partial charge in [0.05, 0.1) is 12.0 Å². The second-order valence-electron chi connectivity index (χ2n) is 5.47. The predicted molar refractivity (Wildman–Crippen MR) is 74.8 cm³/mol. The van der Waals surface area contributed by atoms with E-state index in [9.17, 15) is 4.79 Å². The number of nitrogens with two attached hydrogens (primary N) is 1. The molecule has 1 aromatic carbocycles. The molecule has 0 fully saturated rings. The molecule has 1 aromatic rings. The van der Waals surface area contributed by atoms with Crippen LogP contribution in [0.1, 0.15) is 31.9 Å². The first kappa shape index (κ1) is 13.9. The van der Waals surface area contributed by atoms with Crippen molar-refractivity contribution in [3.05, 3.63) is 29.8 Å². The summed E-state index contributed by atoms with van der Waals surface area (Å²) in [7, 11) is 0. The number of hydrogen-bond donors (Lipinski definition) is 2. The van der Waals surface area contributed by atoms with Crippen LogP contribution in [0.15, 0.2) is 24.3 Å². The summed E-state index contributed by atoms with van der Waals surface area (Å²) < 4.78 is 5.56. The quantitative estimate of drug-likeness (QED) is 0.851. The molecule has 1 heterocycles. The lowest BCUT2D eigenvalue weighted by Crippen LogP contribution is -2.38. The third-order valence-electron chi connectivity index (χ3n) is 3.43. The Morgan fingerprint density at radius 2 is 2.21 bits per heavy atom. The lowest BCUT2D eigenvalue weighted by Gasteiger charge is -2.19. The number of nitrogens with one attached hydrogen (secondary N) is 1. The van der Waals surface area contributed by atoms with Crippen molar-refractivity contribution in [2.45, 2.75) is 26.3 Å². The number of carbonyl (C=O) groups excluding carboxylic acids is 1. The summed E-state index contributed by atoms with van der Waals surface area (Å²) in [4.78, 5) is 12.2. The van der Waals surface area contributed by atoms with Crippen LogP contribution in [0.25, 0.3) is 0 Å². The highest BCUT2D eigenvalue weighted by atomic mass is 16.5. The first-order valence-corrected chi connectivity index (χ1v) is 6.84. The van der Waals surface area contributed by atoms with E-state index in [4.69, 9.17) is 10.5 Å². The van der Waals surface area contributed by atoms with E-state index in [0.29, 0.717) is 19.1 Å². The molecule has 1 aliphatic rings. The van der Waals surface area contributed by atoms with Crippen molar-refractivity contribution in [2.75, 3.05) is 13.2 Å². The minimum atomic E-state index is -0.118. The van der Waals surface area contributed by atoms with E-state index in [-0.39, 0.29) is 17.9 Å². The van der Waals surface area contributed by atoms with E-state index in [1.165, 1.54) is 0 Å². The molecule has 4 nitrogen and oxygen atoms in total. The first-order chi connectivity index (χ1) is 9.11. The monoisotopic (exact) mass is 262 g/mol. The number of carbonyl (C=O) groups is 1. The smallest absolute Gasteiger partial charge is 0.224 e. The van der Waals surface area contributed by atoms with Crippen LogP contribution in [0, 0.1) is 11.8 Å². The molecule has 0 aliphatic carbocycles. The van der Waals surface area contributed by atoms with Gasteiger partial charge in [0.2, 0.25) is 5.91 Å². The molecule has 2 rings (SSSR count). The topological polar surface area (TPSA) is 64.4 Å². The van der Waals surface area contributed by atoms with E-state index in [2.05, 4.69) is 19.2 Å². The highest BCUT2D eigenvalue weighted by molar-refractivity contribution is 5.79. The Labute approximate surface area is 114 Å².